The Morgan fingerprint density at radius 2 is 1.85 bits per heavy atom. The van der Waals surface area contributed by atoms with Gasteiger partial charge < -0.3 is 24.8 Å². The molecule has 0 bridgehead atoms. The quantitative estimate of drug-likeness (QED) is 0.336. The van der Waals surface area contributed by atoms with Gasteiger partial charge in [0.1, 0.15) is 11.1 Å². The molecule has 1 atom stereocenters. The molecule has 0 aliphatic heterocycles. The smallest absolute Gasteiger partial charge is 0.328 e. The molecule has 9 heteroatoms. The summed E-state index contributed by atoms with van der Waals surface area (Å²) >= 11 is 12.5. The zero-order chi connectivity index (χ0) is 24.4. The number of carbonyl (C=O) groups excluding carboxylic acids is 2. The molecular weight excluding hydrogens is 467 g/mol. The first-order valence-corrected chi connectivity index (χ1v) is 11.5. The Bertz CT molecular complexity index is 938. The second kappa shape index (κ2) is 13.3. The molecule has 0 spiro atoms. The fourth-order valence-electron chi connectivity index (χ4n) is 3.12. The van der Waals surface area contributed by atoms with E-state index in [4.69, 9.17) is 32.7 Å². The second-order valence-electron chi connectivity index (χ2n) is 7.72. The first kappa shape index (κ1) is 26.8. The van der Waals surface area contributed by atoms with Gasteiger partial charge in [0.2, 0.25) is 0 Å². The largest absolute Gasteiger partial charge is 0.505 e. The Balaban J connectivity index is 2.15. The summed E-state index contributed by atoms with van der Waals surface area (Å²) in [5.74, 6) is -1.64. The molecule has 1 amide bonds. The standard InChI is InChI=1S/C24H30Cl2N2O5/c1-4-32-24(31)19(14-16-10-6-5-7-11-16)27-23(30)17-15-18(25)22(20(26)21(17)29)33-13-9-8-12-28(2)3/h5-7,10-11,15,19,29H,4,8-9,12-14H2,1-3H3,(H,27,30). The average molecular weight is 497 g/mol. The van der Waals surface area contributed by atoms with Crippen LogP contribution in [0, 0.1) is 0 Å². The van der Waals surface area contributed by atoms with Crippen molar-refractivity contribution in [2.45, 2.75) is 32.2 Å². The first-order valence-electron chi connectivity index (χ1n) is 10.7. The molecule has 2 aromatic rings. The number of rotatable bonds is 12. The zero-order valence-electron chi connectivity index (χ0n) is 19.1. The third kappa shape index (κ3) is 8.11. The molecular formula is C24H30Cl2N2O5. The van der Waals surface area contributed by atoms with Gasteiger partial charge in [-0.3, -0.25) is 4.79 Å². The summed E-state index contributed by atoms with van der Waals surface area (Å²) < 4.78 is 10.7. The van der Waals surface area contributed by atoms with Gasteiger partial charge >= 0.3 is 5.97 Å². The first-order chi connectivity index (χ1) is 15.7. The lowest BCUT2D eigenvalue weighted by atomic mass is 10.1. The lowest BCUT2D eigenvalue weighted by molar-refractivity contribution is -0.145. The third-order valence-electron chi connectivity index (χ3n) is 4.80. The molecule has 2 N–H and O–H groups in total. The number of carbonyl (C=O) groups is 2. The highest BCUT2D eigenvalue weighted by Gasteiger charge is 2.27. The van der Waals surface area contributed by atoms with Crippen LogP contribution in [0.1, 0.15) is 35.7 Å². The number of nitrogens with zero attached hydrogens (tertiary/aromatic N) is 1. The van der Waals surface area contributed by atoms with Gasteiger partial charge in [-0.05, 0) is 52.0 Å². The fraction of sp³-hybridized carbons (Fsp3) is 0.417. The van der Waals surface area contributed by atoms with Gasteiger partial charge in [0, 0.05) is 6.42 Å². The van der Waals surface area contributed by atoms with E-state index in [2.05, 4.69) is 10.2 Å². The van der Waals surface area contributed by atoms with E-state index < -0.39 is 23.7 Å². The number of ether oxygens (including phenoxy) is 2. The minimum atomic E-state index is -0.954. The van der Waals surface area contributed by atoms with Crippen molar-refractivity contribution >= 4 is 35.1 Å². The predicted octanol–water partition coefficient (Wildman–Crippen LogP) is 4.32. The Labute approximate surface area is 204 Å². The Morgan fingerprint density at radius 1 is 1.15 bits per heavy atom. The predicted molar refractivity (Wildman–Crippen MR) is 129 cm³/mol. The number of amides is 1. The van der Waals surface area contributed by atoms with Crippen molar-refractivity contribution in [1.82, 2.24) is 10.2 Å². The highest BCUT2D eigenvalue weighted by molar-refractivity contribution is 6.39. The minimum Gasteiger partial charge on any atom is -0.505 e. The van der Waals surface area contributed by atoms with Crippen LogP contribution in [-0.4, -0.2) is 61.8 Å². The van der Waals surface area contributed by atoms with Gasteiger partial charge in [-0.25, -0.2) is 4.79 Å². The Kier molecular flexibility index (Phi) is 10.8. The summed E-state index contributed by atoms with van der Waals surface area (Å²) in [4.78, 5) is 27.4. The Morgan fingerprint density at radius 3 is 2.48 bits per heavy atom. The van der Waals surface area contributed by atoms with Crippen LogP contribution in [0.25, 0.3) is 0 Å². The van der Waals surface area contributed by atoms with Crippen LogP contribution in [0.4, 0.5) is 0 Å². The van der Waals surface area contributed by atoms with Crippen LogP contribution < -0.4 is 10.1 Å². The maximum Gasteiger partial charge on any atom is 0.328 e. The number of benzene rings is 2. The summed E-state index contributed by atoms with van der Waals surface area (Å²) in [6, 6.07) is 9.54. The van der Waals surface area contributed by atoms with Gasteiger partial charge in [-0.1, -0.05) is 53.5 Å². The number of hydrogen-bond acceptors (Lipinski definition) is 6. The minimum absolute atomic E-state index is 0.0892. The summed E-state index contributed by atoms with van der Waals surface area (Å²) in [6.07, 6.45) is 1.92. The molecule has 0 aliphatic carbocycles. The normalized spacial score (nSPS) is 11.8. The molecule has 33 heavy (non-hydrogen) atoms. The molecule has 0 aromatic heterocycles. The lowest BCUT2D eigenvalue weighted by Crippen LogP contribution is -2.43. The fourth-order valence-corrected chi connectivity index (χ4v) is 3.69. The number of aromatic hydroxyl groups is 1. The molecule has 2 aromatic carbocycles. The van der Waals surface area contributed by atoms with Crippen molar-refractivity contribution < 1.29 is 24.2 Å². The number of nitrogens with one attached hydrogen (secondary N) is 1. The summed E-state index contributed by atoms with van der Waals surface area (Å²) in [5.41, 5.74) is 0.682. The van der Waals surface area contributed by atoms with Gasteiger partial charge in [0.25, 0.3) is 5.91 Å². The molecule has 0 heterocycles. The van der Waals surface area contributed by atoms with E-state index in [1.54, 1.807) is 6.92 Å². The van der Waals surface area contributed by atoms with Crippen molar-refractivity contribution in [2.24, 2.45) is 0 Å². The topological polar surface area (TPSA) is 88.1 Å². The van der Waals surface area contributed by atoms with Crippen LogP contribution in [0.5, 0.6) is 11.5 Å². The average Bonchev–Trinajstić information content (AvgIpc) is 2.78. The number of unbranched alkanes of at least 4 members (excludes halogenated alkanes) is 1. The van der Waals surface area contributed by atoms with E-state index in [1.807, 2.05) is 44.4 Å². The van der Waals surface area contributed by atoms with Crippen molar-refractivity contribution in [3.8, 4) is 11.5 Å². The molecule has 0 saturated carbocycles. The monoisotopic (exact) mass is 496 g/mol. The van der Waals surface area contributed by atoms with E-state index in [-0.39, 0.29) is 34.4 Å². The maximum atomic E-state index is 12.9. The molecule has 7 nitrogen and oxygen atoms in total. The zero-order valence-corrected chi connectivity index (χ0v) is 20.6. The SMILES string of the molecule is CCOC(=O)C(Cc1ccccc1)NC(=O)c1cc(Cl)c(OCCCCN(C)C)c(Cl)c1O. The number of halogens is 2. The van der Waals surface area contributed by atoms with Crippen LogP contribution in [0.15, 0.2) is 36.4 Å². The van der Waals surface area contributed by atoms with Crippen molar-refractivity contribution in [2.75, 3.05) is 33.9 Å². The third-order valence-corrected chi connectivity index (χ3v) is 5.43. The van der Waals surface area contributed by atoms with Crippen LogP contribution in [0.2, 0.25) is 10.0 Å². The van der Waals surface area contributed by atoms with E-state index in [0.29, 0.717) is 6.61 Å². The number of phenols is 1. The van der Waals surface area contributed by atoms with E-state index >= 15 is 0 Å². The molecule has 0 aliphatic rings. The van der Waals surface area contributed by atoms with E-state index in [9.17, 15) is 14.7 Å². The van der Waals surface area contributed by atoms with E-state index in [0.717, 1.165) is 24.9 Å². The van der Waals surface area contributed by atoms with Crippen LogP contribution in [0.3, 0.4) is 0 Å². The van der Waals surface area contributed by atoms with E-state index in [1.165, 1.54) is 6.07 Å². The molecule has 0 radical (unpaired) electrons. The second-order valence-corrected chi connectivity index (χ2v) is 8.51. The van der Waals surface area contributed by atoms with Crippen molar-refractivity contribution in [3.05, 3.63) is 57.6 Å². The highest BCUT2D eigenvalue weighted by atomic mass is 35.5. The van der Waals surface area contributed by atoms with Crippen LogP contribution >= 0.6 is 23.2 Å². The van der Waals surface area contributed by atoms with Gasteiger partial charge in [-0.15, -0.1) is 0 Å². The van der Waals surface area contributed by atoms with Crippen LogP contribution in [-0.2, 0) is 16.0 Å². The molecule has 1 unspecified atom stereocenters. The van der Waals surface area contributed by atoms with Crippen molar-refractivity contribution in [3.63, 3.8) is 0 Å². The molecule has 0 fully saturated rings. The molecule has 2 rings (SSSR count). The maximum absolute atomic E-state index is 12.9. The molecule has 180 valence electrons. The molecule has 0 saturated heterocycles. The van der Waals surface area contributed by atoms with Gasteiger partial charge in [0.05, 0.1) is 23.8 Å². The van der Waals surface area contributed by atoms with Crippen molar-refractivity contribution in [1.29, 1.82) is 0 Å². The highest BCUT2D eigenvalue weighted by Crippen LogP contribution is 2.42. The van der Waals surface area contributed by atoms with Gasteiger partial charge in [0.15, 0.2) is 11.5 Å². The number of hydrogen-bond donors (Lipinski definition) is 2. The lowest BCUT2D eigenvalue weighted by Gasteiger charge is -2.19. The summed E-state index contributed by atoms with van der Waals surface area (Å²) in [7, 11) is 3.98. The Hall–Kier alpha value is -2.48. The number of phenolic OH excluding ortho intramolecular Hbond substituents is 1. The summed E-state index contributed by atoms with van der Waals surface area (Å²) in [5, 5.41) is 13.1. The summed E-state index contributed by atoms with van der Waals surface area (Å²) in [6.45, 7) is 3.13. The van der Waals surface area contributed by atoms with Gasteiger partial charge in [-0.2, -0.15) is 0 Å². The number of esters is 1.